The molecule has 19 nitrogen and oxygen atoms in total. The Balaban J connectivity index is 0.702. The summed E-state index contributed by atoms with van der Waals surface area (Å²) in [7, 11) is 0. The summed E-state index contributed by atoms with van der Waals surface area (Å²) in [5.74, 6) is -2.74. The van der Waals surface area contributed by atoms with Crippen LogP contribution in [-0.4, -0.2) is 145 Å². The first kappa shape index (κ1) is 58.4. The molecular formula is C68H74FN11O8. The molecule has 0 radical (unpaired) electrons. The molecule has 0 bridgehead atoms. The highest BCUT2D eigenvalue weighted by Gasteiger charge is 2.56. The molecule has 8 heterocycles. The standard InChI is InChI=1S/C68H74FN11O8/c1-38(2)71-61(82)49-35-53(51(69)30-40(49)5)73-60-59-54(70-37-78(59)39(3)4)36-52(72-60)44-16-17-50-56(32-44)79(47-33-46(34-47)75-24-7-6-8-25-75)67(88)68(50)22-28-77(29-23-68)64(85)43-14-12-42(13-15-43)63(84)76-26-20-41(21-27-76)31-45-10-9-11-48-58(45)66(87)80(65(48)86)55-18-19-57(81)74-62(55)83/h9-17,30,32,35-39,41,46-47,55H,6-8,18-29,31,33-34H2,1-5H3,(H,71,82)(H,72,73)(H,74,81,83)/t46-,47+,55?. The van der Waals surface area contributed by atoms with Crippen molar-refractivity contribution in [1.82, 2.24) is 44.8 Å². The number of carbonyl (C=O) groups excluding carboxylic acids is 8. The normalized spacial score (nSPS) is 21.4. The number of aryl methyl sites for hydroxylation is 1. The fraction of sp³-hybridized carbons (Fsp3) is 0.441. The number of hydrogen-bond donors (Lipinski definition) is 3. The lowest BCUT2D eigenvalue weighted by Crippen LogP contribution is -2.58. The summed E-state index contributed by atoms with van der Waals surface area (Å²) < 4.78 is 17.9. The van der Waals surface area contributed by atoms with Gasteiger partial charge in [0, 0.05) is 84.7 Å². The summed E-state index contributed by atoms with van der Waals surface area (Å²) in [6, 6.07) is 22.2. The number of amides is 8. The van der Waals surface area contributed by atoms with E-state index in [-0.39, 0.29) is 71.8 Å². The highest BCUT2D eigenvalue weighted by atomic mass is 19.1. The Morgan fingerprint density at radius 3 is 2.12 bits per heavy atom. The Kier molecular flexibility index (Phi) is 15.3. The SMILES string of the molecule is Cc1cc(F)c(Nc2nc(-c3ccc4c(c3)N([C@H]3C[C@@H](N5CCCCC5)C3)C(=O)C43CCN(C(=O)c4ccc(C(=O)N5CCC(Cc6cccc7c6C(=O)N(C6CCC(=O)NC6=O)C7=O)CC5)cc4)CC3)cc3ncn(C(C)C)c23)cc1C(=O)NC(C)C. The molecule has 1 spiro atoms. The Morgan fingerprint density at radius 2 is 1.45 bits per heavy atom. The Labute approximate surface area is 510 Å². The molecule has 5 fully saturated rings. The van der Waals surface area contributed by atoms with Crippen molar-refractivity contribution in [3.05, 3.63) is 136 Å². The van der Waals surface area contributed by atoms with Crippen molar-refractivity contribution < 1.29 is 42.7 Å². The molecule has 7 aliphatic rings. The molecule has 4 saturated heterocycles. The number of benzene rings is 4. The van der Waals surface area contributed by atoms with Crippen molar-refractivity contribution in [2.24, 2.45) is 5.92 Å². The molecule has 20 heteroatoms. The third kappa shape index (κ3) is 10.4. The van der Waals surface area contributed by atoms with Gasteiger partial charge < -0.3 is 34.8 Å². The first-order valence-electron chi connectivity index (χ1n) is 31.4. The summed E-state index contributed by atoms with van der Waals surface area (Å²) in [6.45, 7) is 13.4. The first-order valence-corrected chi connectivity index (χ1v) is 31.4. The van der Waals surface area contributed by atoms with Crippen LogP contribution in [0.25, 0.3) is 22.3 Å². The van der Waals surface area contributed by atoms with Crippen molar-refractivity contribution >= 4 is 75.5 Å². The quantitative estimate of drug-likeness (QED) is 0.0923. The number of halogens is 1. The number of rotatable bonds is 13. The Hall–Kier alpha value is -8.65. The Bertz CT molecular complexity index is 3870. The zero-order valence-electron chi connectivity index (χ0n) is 50.5. The summed E-state index contributed by atoms with van der Waals surface area (Å²) in [5.41, 5.74) is 6.72. The van der Waals surface area contributed by atoms with E-state index in [0.717, 1.165) is 53.2 Å². The topological polar surface area (TPSA) is 220 Å². The van der Waals surface area contributed by atoms with Crippen LogP contribution in [0.5, 0.6) is 0 Å². The molecular weight excluding hydrogens is 1120 g/mol. The molecule has 1 unspecified atom stereocenters. The predicted octanol–water partition coefficient (Wildman–Crippen LogP) is 9.04. The van der Waals surface area contributed by atoms with Crippen molar-refractivity contribution in [1.29, 1.82) is 0 Å². The van der Waals surface area contributed by atoms with Gasteiger partial charge in [-0.05, 0) is 189 Å². The summed E-state index contributed by atoms with van der Waals surface area (Å²) >= 11 is 0. The molecule has 1 saturated carbocycles. The molecule has 6 aliphatic heterocycles. The number of imidazole rings is 1. The lowest BCUT2D eigenvalue weighted by atomic mass is 9.73. The van der Waals surface area contributed by atoms with Crippen LogP contribution in [0, 0.1) is 18.7 Å². The van der Waals surface area contributed by atoms with E-state index in [0.29, 0.717) is 115 Å². The van der Waals surface area contributed by atoms with E-state index in [1.165, 1.54) is 31.4 Å². The molecule has 6 aromatic rings. The van der Waals surface area contributed by atoms with Crippen LogP contribution in [0.3, 0.4) is 0 Å². The molecule has 3 N–H and O–H groups in total. The molecule has 1 aliphatic carbocycles. The van der Waals surface area contributed by atoms with Crippen molar-refractivity contribution in [2.45, 2.75) is 147 Å². The number of aromatic nitrogens is 3. The van der Waals surface area contributed by atoms with Gasteiger partial charge in [0.15, 0.2) is 5.82 Å². The number of pyridine rings is 1. The third-order valence-electron chi connectivity index (χ3n) is 19.6. The predicted molar refractivity (Wildman–Crippen MR) is 329 cm³/mol. The average Bonchev–Trinajstić information content (AvgIpc) is 1.57. The number of hydrogen-bond acceptors (Lipinski definition) is 12. The van der Waals surface area contributed by atoms with E-state index in [1.54, 1.807) is 54.5 Å². The first-order chi connectivity index (χ1) is 42.3. The minimum atomic E-state index is -1.04. The lowest BCUT2D eigenvalue weighted by molar-refractivity contribution is -0.136. The highest BCUT2D eigenvalue weighted by Crippen LogP contribution is 2.52. The van der Waals surface area contributed by atoms with E-state index in [4.69, 9.17) is 9.97 Å². The maximum absolute atomic E-state index is 16.0. The van der Waals surface area contributed by atoms with Gasteiger partial charge in [-0.3, -0.25) is 48.6 Å². The molecule has 456 valence electrons. The van der Waals surface area contributed by atoms with E-state index in [9.17, 15) is 33.6 Å². The van der Waals surface area contributed by atoms with Gasteiger partial charge in [0.1, 0.15) is 17.4 Å². The van der Waals surface area contributed by atoms with E-state index in [1.807, 2.05) is 60.3 Å². The molecule has 88 heavy (non-hydrogen) atoms. The van der Waals surface area contributed by atoms with Crippen LogP contribution in [0.1, 0.15) is 173 Å². The van der Waals surface area contributed by atoms with Gasteiger partial charge in [0.05, 0.1) is 39.8 Å². The number of imide groups is 2. The van der Waals surface area contributed by atoms with E-state index >= 15 is 9.18 Å². The number of anilines is 3. The fourth-order valence-corrected chi connectivity index (χ4v) is 14.7. The van der Waals surface area contributed by atoms with Crippen LogP contribution >= 0.6 is 0 Å². The van der Waals surface area contributed by atoms with Gasteiger partial charge in [0.2, 0.25) is 17.7 Å². The third-order valence-corrected chi connectivity index (χ3v) is 19.6. The molecule has 13 rings (SSSR count). The highest BCUT2D eigenvalue weighted by molar-refractivity contribution is 6.24. The zero-order chi connectivity index (χ0) is 61.4. The van der Waals surface area contributed by atoms with Crippen LogP contribution in [0.2, 0.25) is 0 Å². The molecule has 1 atom stereocenters. The summed E-state index contributed by atoms with van der Waals surface area (Å²) in [6.07, 6.45) is 9.95. The zero-order valence-corrected chi connectivity index (χ0v) is 50.5. The van der Waals surface area contributed by atoms with Crippen molar-refractivity contribution in [3.63, 3.8) is 0 Å². The van der Waals surface area contributed by atoms with E-state index < -0.39 is 40.9 Å². The number of likely N-dealkylation sites (tertiary alicyclic amines) is 3. The maximum Gasteiger partial charge on any atom is 0.262 e. The van der Waals surface area contributed by atoms with Crippen LogP contribution in [0.4, 0.5) is 21.6 Å². The lowest BCUT2D eigenvalue weighted by Gasteiger charge is -2.48. The number of nitrogens with zero attached hydrogens (tertiary/aromatic N) is 8. The average molecular weight is 1190 g/mol. The van der Waals surface area contributed by atoms with Gasteiger partial charge in [-0.2, -0.15) is 0 Å². The van der Waals surface area contributed by atoms with E-state index in [2.05, 4.69) is 33.0 Å². The van der Waals surface area contributed by atoms with Crippen LogP contribution in [-0.2, 0) is 26.2 Å². The monoisotopic (exact) mass is 1190 g/mol. The van der Waals surface area contributed by atoms with Gasteiger partial charge in [-0.25, -0.2) is 14.4 Å². The number of nitrogens with one attached hydrogen (secondary N) is 3. The molecule has 2 aromatic heterocycles. The second-order valence-corrected chi connectivity index (χ2v) is 25.8. The summed E-state index contributed by atoms with van der Waals surface area (Å²) in [4.78, 5) is 128. The number of piperidine rings is 4. The van der Waals surface area contributed by atoms with Gasteiger partial charge in [0.25, 0.3) is 29.5 Å². The minimum Gasteiger partial charge on any atom is -0.350 e. The smallest absolute Gasteiger partial charge is 0.262 e. The maximum atomic E-state index is 16.0. The fourth-order valence-electron chi connectivity index (χ4n) is 14.7. The van der Waals surface area contributed by atoms with Crippen molar-refractivity contribution in [2.75, 3.05) is 49.5 Å². The number of carbonyl (C=O) groups is 8. The van der Waals surface area contributed by atoms with Crippen molar-refractivity contribution in [3.8, 4) is 11.3 Å². The molecule has 4 aromatic carbocycles. The van der Waals surface area contributed by atoms with Crippen LogP contribution < -0.4 is 20.9 Å². The second kappa shape index (κ2) is 23.1. The second-order valence-electron chi connectivity index (χ2n) is 25.8. The summed E-state index contributed by atoms with van der Waals surface area (Å²) in [5, 5.41) is 8.43. The number of fused-ring (bicyclic) bond motifs is 4. The van der Waals surface area contributed by atoms with Crippen LogP contribution in [0.15, 0.2) is 85.2 Å². The largest absolute Gasteiger partial charge is 0.350 e. The Morgan fingerprint density at radius 1 is 0.761 bits per heavy atom. The minimum absolute atomic E-state index is 0.00199. The van der Waals surface area contributed by atoms with Gasteiger partial charge >= 0.3 is 0 Å². The van der Waals surface area contributed by atoms with Gasteiger partial charge in [-0.1, -0.05) is 30.7 Å². The van der Waals surface area contributed by atoms with Gasteiger partial charge in [-0.15, -0.1) is 0 Å². The molecule has 8 amide bonds.